The van der Waals surface area contributed by atoms with Gasteiger partial charge in [-0.25, -0.2) is 4.79 Å². The number of carbonyl (C=O) groups is 1. The molecule has 0 atom stereocenters. The number of allylic oxidation sites excluding steroid dienone is 1. The van der Waals surface area contributed by atoms with Crippen molar-refractivity contribution in [1.29, 1.82) is 0 Å². The number of carbonyl (C=O) groups excluding carboxylic acids is 1. The Hall–Kier alpha value is -4.06. The number of aromatic nitrogens is 2. The summed E-state index contributed by atoms with van der Waals surface area (Å²) in [6.45, 7) is 0. The van der Waals surface area contributed by atoms with Crippen LogP contribution < -0.4 is 5.69 Å². The summed E-state index contributed by atoms with van der Waals surface area (Å²) in [5.41, 5.74) is 1.95. The Labute approximate surface area is 160 Å². The minimum atomic E-state index is -0.327. The number of imidazole rings is 1. The molecule has 0 amide bonds. The Morgan fingerprint density at radius 2 is 1.93 bits per heavy atom. The minimum Gasteiger partial charge on any atom is -0.508 e. The molecule has 2 heterocycles. The van der Waals surface area contributed by atoms with Gasteiger partial charge in [-0.1, -0.05) is 30.3 Å². The fourth-order valence-corrected chi connectivity index (χ4v) is 2.85. The zero-order chi connectivity index (χ0) is 19.5. The summed E-state index contributed by atoms with van der Waals surface area (Å²) in [6.07, 6.45) is 6.23. The van der Waals surface area contributed by atoms with Gasteiger partial charge in [0.1, 0.15) is 11.4 Å². The van der Waals surface area contributed by atoms with Gasteiger partial charge in [0.15, 0.2) is 11.5 Å². The first-order valence-corrected chi connectivity index (χ1v) is 8.57. The summed E-state index contributed by atoms with van der Waals surface area (Å²) < 4.78 is 6.73. The normalized spacial score (nSPS) is 11.1. The van der Waals surface area contributed by atoms with Crippen molar-refractivity contribution >= 4 is 11.9 Å². The lowest BCUT2D eigenvalue weighted by Gasteiger charge is -2.03. The summed E-state index contributed by atoms with van der Waals surface area (Å²) in [5, 5.41) is 9.49. The molecule has 28 heavy (non-hydrogen) atoms. The number of hydrogen-bond acceptors (Lipinski definition) is 4. The largest absolute Gasteiger partial charge is 0.508 e. The highest BCUT2D eigenvalue weighted by atomic mass is 16.3. The molecule has 6 nitrogen and oxygen atoms in total. The molecule has 0 radical (unpaired) electrons. The first kappa shape index (κ1) is 17.4. The van der Waals surface area contributed by atoms with E-state index in [9.17, 15) is 14.7 Å². The average Bonchev–Trinajstić information content (AvgIpc) is 3.36. The van der Waals surface area contributed by atoms with Gasteiger partial charge in [0.05, 0.1) is 12.0 Å². The number of phenolic OH excluding ortho intramolecular Hbond substituents is 1. The van der Waals surface area contributed by atoms with E-state index < -0.39 is 0 Å². The second kappa shape index (κ2) is 7.28. The van der Waals surface area contributed by atoms with Crippen molar-refractivity contribution in [2.24, 2.45) is 0 Å². The van der Waals surface area contributed by atoms with E-state index in [0.717, 1.165) is 5.56 Å². The number of phenols is 1. The van der Waals surface area contributed by atoms with E-state index in [4.69, 9.17) is 4.42 Å². The van der Waals surface area contributed by atoms with Gasteiger partial charge in [0, 0.05) is 11.8 Å². The van der Waals surface area contributed by atoms with Gasteiger partial charge < -0.3 is 14.5 Å². The van der Waals surface area contributed by atoms with Crippen LogP contribution in [0.3, 0.4) is 0 Å². The Kier molecular flexibility index (Phi) is 4.51. The molecule has 0 aliphatic rings. The molecule has 2 aromatic heterocycles. The van der Waals surface area contributed by atoms with E-state index in [0.29, 0.717) is 22.7 Å². The van der Waals surface area contributed by atoms with Crippen LogP contribution in [0, 0.1) is 0 Å². The maximum absolute atomic E-state index is 12.5. The molecule has 0 saturated carbocycles. The zero-order valence-electron chi connectivity index (χ0n) is 14.7. The van der Waals surface area contributed by atoms with Crippen LogP contribution in [0.1, 0.15) is 15.9 Å². The van der Waals surface area contributed by atoms with Crippen LogP contribution in [0.4, 0.5) is 0 Å². The third-order valence-electron chi connectivity index (χ3n) is 4.21. The van der Waals surface area contributed by atoms with Crippen LogP contribution >= 0.6 is 0 Å². The van der Waals surface area contributed by atoms with E-state index in [1.54, 1.807) is 72.9 Å². The predicted octanol–water partition coefficient (Wildman–Crippen LogP) is 4.03. The molecular formula is C22H16N2O4. The number of furan rings is 1. The summed E-state index contributed by atoms with van der Waals surface area (Å²) in [5.74, 6) is 0.480. The van der Waals surface area contributed by atoms with Crippen LogP contribution in [-0.4, -0.2) is 20.4 Å². The molecular weight excluding hydrogens is 356 g/mol. The lowest BCUT2D eigenvalue weighted by atomic mass is 10.1. The summed E-state index contributed by atoms with van der Waals surface area (Å²) in [4.78, 5) is 27.5. The van der Waals surface area contributed by atoms with Crippen LogP contribution in [-0.2, 0) is 0 Å². The van der Waals surface area contributed by atoms with Gasteiger partial charge >= 0.3 is 5.69 Å². The average molecular weight is 372 g/mol. The molecule has 2 N–H and O–H groups in total. The summed E-state index contributed by atoms with van der Waals surface area (Å²) in [6, 6.07) is 16.9. The lowest BCUT2D eigenvalue weighted by molar-refractivity contribution is 0.104. The van der Waals surface area contributed by atoms with E-state index in [1.807, 2.05) is 0 Å². The minimum absolute atomic E-state index is 0.135. The van der Waals surface area contributed by atoms with Crippen LogP contribution in [0.5, 0.6) is 5.75 Å². The number of aromatic amines is 1. The monoisotopic (exact) mass is 372 g/mol. The van der Waals surface area contributed by atoms with Crippen molar-refractivity contribution in [3.63, 3.8) is 0 Å². The molecule has 0 aliphatic carbocycles. The number of benzene rings is 2. The van der Waals surface area contributed by atoms with Gasteiger partial charge in [-0.3, -0.25) is 9.36 Å². The molecule has 0 aliphatic heterocycles. The number of ketones is 1. The Balaban J connectivity index is 1.61. The molecule has 4 rings (SSSR count). The quantitative estimate of drug-likeness (QED) is 0.409. The number of nitrogens with zero attached hydrogens (tertiary/aromatic N) is 1. The van der Waals surface area contributed by atoms with E-state index in [-0.39, 0.29) is 17.2 Å². The second-order valence-electron chi connectivity index (χ2n) is 6.16. The highest BCUT2D eigenvalue weighted by Gasteiger charge is 2.10. The van der Waals surface area contributed by atoms with Gasteiger partial charge in [-0.15, -0.1) is 0 Å². The predicted molar refractivity (Wildman–Crippen MR) is 106 cm³/mol. The third kappa shape index (κ3) is 3.57. The fourth-order valence-electron chi connectivity index (χ4n) is 2.85. The van der Waals surface area contributed by atoms with Crippen molar-refractivity contribution in [2.45, 2.75) is 0 Å². The second-order valence-corrected chi connectivity index (χ2v) is 6.16. The lowest BCUT2D eigenvalue weighted by Crippen LogP contribution is -2.14. The SMILES string of the molecule is O=C(C=Cc1cccc(O)c1)c1cccc(-n2cc(-c3ccco3)[nH]c2=O)c1. The first-order chi connectivity index (χ1) is 13.6. The first-order valence-electron chi connectivity index (χ1n) is 8.57. The van der Waals surface area contributed by atoms with Gasteiger partial charge in [-0.05, 0) is 48.0 Å². The summed E-state index contributed by atoms with van der Waals surface area (Å²) in [7, 11) is 0. The van der Waals surface area contributed by atoms with E-state index in [1.165, 1.54) is 16.9 Å². The van der Waals surface area contributed by atoms with Gasteiger partial charge in [0.25, 0.3) is 0 Å². The topological polar surface area (TPSA) is 88.2 Å². The van der Waals surface area contributed by atoms with Gasteiger partial charge in [-0.2, -0.15) is 0 Å². The number of nitrogens with one attached hydrogen (secondary N) is 1. The number of hydrogen-bond donors (Lipinski definition) is 2. The molecule has 2 aromatic carbocycles. The van der Waals surface area contributed by atoms with E-state index in [2.05, 4.69) is 4.98 Å². The van der Waals surface area contributed by atoms with Crippen LogP contribution in [0.15, 0.2) is 88.4 Å². The van der Waals surface area contributed by atoms with Crippen molar-refractivity contribution in [2.75, 3.05) is 0 Å². The molecule has 0 saturated heterocycles. The standard InChI is InChI=1S/C22H16N2O4/c25-18-7-1-4-15(12-18)9-10-20(26)16-5-2-6-17(13-16)24-14-19(23-22(24)27)21-8-3-11-28-21/h1-14,25H,(H,23,27). The maximum atomic E-state index is 12.5. The zero-order valence-corrected chi connectivity index (χ0v) is 14.7. The maximum Gasteiger partial charge on any atom is 0.330 e. The van der Waals surface area contributed by atoms with Crippen molar-refractivity contribution in [1.82, 2.24) is 9.55 Å². The van der Waals surface area contributed by atoms with Gasteiger partial charge in [0.2, 0.25) is 0 Å². The third-order valence-corrected chi connectivity index (χ3v) is 4.21. The number of aromatic hydroxyl groups is 1. The fraction of sp³-hybridized carbons (Fsp3) is 0. The van der Waals surface area contributed by atoms with Crippen molar-refractivity contribution in [3.05, 3.63) is 101 Å². The molecule has 0 fully saturated rings. The van der Waals surface area contributed by atoms with Crippen molar-refractivity contribution < 1.29 is 14.3 Å². The highest BCUT2D eigenvalue weighted by molar-refractivity contribution is 6.07. The Morgan fingerprint density at radius 1 is 1.07 bits per heavy atom. The smallest absolute Gasteiger partial charge is 0.330 e. The van der Waals surface area contributed by atoms with Crippen molar-refractivity contribution in [3.8, 4) is 22.9 Å². The molecule has 4 aromatic rings. The number of H-pyrrole nitrogens is 1. The molecule has 0 spiro atoms. The van der Waals surface area contributed by atoms with Crippen LogP contribution in [0.2, 0.25) is 0 Å². The molecule has 0 bridgehead atoms. The Morgan fingerprint density at radius 3 is 2.71 bits per heavy atom. The molecule has 0 unspecified atom stereocenters. The Bertz CT molecular complexity index is 1210. The van der Waals surface area contributed by atoms with E-state index >= 15 is 0 Å². The molecule has 6 heteroatoms. The summed E-state index contributed by atoms with van der Waals surface area (Å²) >= 11 is 0. The van der Waals surface area contributed by atoms with Crippen LogP contribution in [0.25, 0.3) is 23.2 Å². The number of rotatable bonds is 5. The molecule has 138 valence electrons. The highest BCUT2D eigenvalue weighted by Crippen LogP contribution is 2.18.